The van der Waals surface area contributed by atoms with Crippen molar-refractivity contribution in [1.82, 2.24) is 10.5 Å². The average molecular weight is 292 g/mol. The van der Waals surface area contributed by atoms with Crippen molar-refractivity contribution < 1.29 is 9.32 Å². The Labute approximate surface area is 128 Å². The first-order valence-corrected chi connectivity index (χ1v) is 7.17. The summed E-state index contributed by atoms with van der Waals surface area (Å²) < 4.78 is 5.33. The summed E-state index contributed by atoms with van der Waals surface area (Å²) in [5.41, 5.74) is 2.48. The molecule has 3 aromatic rings. The molecule has 3 rings (SSSR count). The third kappa shape index (κ3) is 3.41. The highest BCUT2D eigenvalue weighted by atomic mass is 16.5. The topological polar surface area (TPSA) is 55.1 Å². The van der Waals surface area contributed by atoms with Gasteiger partial charge in [-0.3, -0.25) is 4.79 Å². The van der Waals surface area contributed by atoms with E-state index < -0.39 is 0 Å². The maximum absolute atomic E-state index is 11.9. The Hall–Kier alpha value is -2.88. The van der Waals surface area contributed by atoms with Crippen LogP contribution in [-0.2, 0) is 6.42 Å². The van der Waals surface area contributed by atoms with Crippen molar-refractivity contribution in [2.75, 3.05) is 6.54 Å². The molecule has 0 radical (unpaired) electrons. The molecule has 0 spiro atoms. The Morgan fingerprint density at radius 2 is 1.68 bits per heavy atom. The summed E-state index contributed by atoms with van der Waals surface area (Å²) in [6, 6.07) is 20.9. The van der Waals surface area contributed by atoms with Crippen LogP contribution in [0.3, 0.4) is 0 Å². The van der Waals surface area contributed by atoms with E-state index in [1.165, 1.54) is 0 Å². The van der Waals surface area contributed by atoms with Gasteiger partial charge in [0.15, 0.2) is 5.76 Å². The number of aromatic nitrogens is 1. The quantitative estimate of drug-likeness (QED) is 0.785. The summed E-state index contributed by atoms with van der Waals surface area (Å²) in [6.45, 7) is 0.522. The van der Waals surface area contributed by atoms with Crippen molar-refractivity contribution in [2.24, 2.45) is 0 Å². The second-order valence-corrected chi connectivity index (χ2v) is 4.92. The van der Waals surface area contributed by atoms with E-state index in [9.17, 15) is 4.79 Å². The van der Waals surface area contributed by atoms with Crippen molar-refractivity contribution >= 4 is 5.91 Å². The highest BCUT2D eigenvalue weighted by Crippen LogP contribution is 2.19. The first kappa shape index (κ1) is 14.1. The lowest BCUT2D eigenvalue weighted by atomic mass is 10.1. The molecule has 1 N–H and O–H groups in total. The molecule has 110 valence electrons. The summed E-state index contributed by atoms with van der Waals surface area (Å²) in [4.78, 5) is 11.9. The molecule has 0 saturated heterocycles. The number of nitrogens with one attached hydrogen (secondary N) is 1. The van der Waals surface area contributed by atoms with Crippen molar-refractivity contribution in [2.45, 2.75) is 6.42 Å². The van der Waals surface area contributed by atoms with Crippen LogP contribution in [0.4, 0.5) is 0 Å². The van der Waals surface area contributed by atoms with E-state index in [1.807, 2.05) is 54.6 Å². The molecule has 0 fully saturated rings. The fraction of sp³-hybridized carbons (Fsp3) is 0.111. The molecule has 0 unspecified atom stereocenters. The number of hydrogen-bond donors (Lipinski definition) is 1. The second kappa shape index (κ2) is 6.72. The molecule has 2 aromatic carbocycles. The van der Waals surface area contributed by atoms with Gasteiger partial charge in [0.1, 0.15) is 0 Å². The number of carbonyl (C=O) groups is 1. The average Bonchev–Trinajstić information content (AvgIpc) is 3.05. The molecule has 1 heterocycles. The zero-order valence-corrected chi connectivity index (χ0v) is 12.0. The predicted molar refractivity (Wildman–Crippen MR) is 84.4 cm³/mol. The van der Waals surface area contributed by atoms with Crippen LogP contribution in [0.2, 0.25) is 0 Å². The van der Waals surface area contributed by atoms with Crippen LogP contribution in [-0.4, -0.2) is 17.6 Å². The summed E-state index contributed by atoms with van der Waals surface area (Å²) >= 11 is 0. The first-order valence-electron chi connectivity index (χ1n) is 7.17. The summed E-state index contributed by atoms with van der Waals surface area (Å²) in [7, 11) is 0. The molecule has 0 saturated carbocycles. The van der Waals surface area contributed by atoms with Crippen LogP contribution in [0.25, 0.3) is 11.3 Å². The lowest BCUT2D eigenvalue weighted by Gasteiger charge is -2.03. The highest BCUT2D eigenvalue weighted by Gasteiger charge is 2.07. The molecule has 0 atom stereocenters. The maximum atomic E-state index is 11.9. The van der Waals surface area contributed by atoms with Gasteiger partial charge in [0.05, 0.1) is 5.69 Å². The van der Waals surface area contributed by atoms with Crippen LogP contribution >= 0.6 is 0 Å². The molecular formula is C18H16N2O2. The fourth-order valence-corrected chi connectivity index (χ4v) is 2.16. The summed E-state index contributed by atoms with van der Waals surface area (Å²) in [6.07, 6.45) is 0.634. The van der Waals surface area contributed by atoms with Crippen LogP contribution in [0, 0.1) is 0 Å². The monoisotopic (exact) mass is 292 g/mol. The second-order valence-electron chi connectivity index (χ2n) is 4.92. The van der Waals surface area contributed by atoms with Crippen LogP contribution in [0.15, 0.2) is 71.3 Å². The van der Waals surface area contributed by atoms with Crippen molar-refractivity contribution in [3.05, 3.63) is 78.0 Å². The largest absolute Gasteiger partial charge is 0.356 e. The molecule has 4 nitrogen and oxygen atoms in total. The minimum atomic E-state index is -0.0765. The number of hydrogen-bond acceptors (Lipinski definition) is 3. The fourth-order valence-electron chi connectivity index (χ4n) is 2.16. The van der Waals surface area contributed by atoms with E-state index in [4.69, 9.17) is 4.52 Å². The highest BCUT2D eigenvalue weighted by molar-refractivity contribution is 5.94. The molecule has 0 aliphatic heterocycles. The number of amides is 1. The smallest absolute Gasteiger partial charge is 0.251 e. The number of nitrogens with zero attached hydrogens (tertiary/aromatic N) is 1. The molecule has 1 amide bonds. The molecule has 4 heteroatoms. The third-order valence-corrected chi connectivity index (χ3v) is 3.32. The van der Waals surface area contributed by atoms with E-state index in [2.05, 4.69) is 10.5 Å². The van der Waals surface area contributed by atoms with Gasteiger partial charge in [0.25, 0.3) is 5.91 Å². The SMILES string of the molecule is O=C(NCCc1cc(-c2ccccc2)on1)c1ccccc1. The number of benzene rings is 2. The normalized spacial score (nSPS) is 10.4. The molecule has 1 aromatic heterocycles. The third-order valence-electron chi connectivity index (χ3n) is 3.32. The Kier molecular flexibility index (Phi) is 4.30. The van der Waals surface area contributed by atoms with E-state index in [0.717, 1.165) is 17.0 Å². The summed E-state index contributed by atoms with van der Waals surface area (Å²) in [5.74, 6) is 0.664. The van der Waals surface area contributed by atoms with Gasteiger partial charge in [-0.05, 0) is 12.1 Å². The van der Waals surface area contributed by atoms with Crippen LogP contribution in [0.1, 0.15) is 16.1 Å². The van der Waals surface area contributed by atoms with Gasteiger partial charge in [-0.2, -0.15) is 0 Å². The van der Waals surface area contributed by atoms with E-state index in [0.29, 0.717) is 18.5 Å². The van der Waals surface area contributed by atoms with Gasteiger partial charge >= 0.3 is 0 Å². The van der Waals surface area contributed by atoms with Gasteiger partial charge < -0.3 is 9.84 Å². The van der Waals surface area contributed by atoms with Gasteiger partial charge in [0.2, 0.25) is 0 Å². The lowest BCUT2D eigenvalue weighted by molar-refractivity contribution is 0.0954. The van der Waals surface area contributed by atoms with Crippen molar-refractivity contribution in [1.29, 1.82) is 0 Å². The van der Waals surface area contributed by atoms with Gasteiger partial charge in [-0.1, -0.05) is 53.7 Å². The Morgan fingerprint density at radius 1 is 1.00 bits per heavy atom. The Morgan fingerprint density at radius 3 is 2.41 bits per heavy atom. The predicted octanol–water partition coefficient (Wildman–Crippen LogP) is 3.31. The van der Waals surface area contributed by atoms with Gasteiger partial charge in [-0.25, -0.2) is 0 Å². The molecular weight excluding hydrogens is 276 g/mol. The zero-order chi connectivity index (χ0) is 15.2. The summed E-state index contributed by atoms with van der Waals surface area (Å²) in [5, 5.41) is 6.91. The molecule has 22 heavy (non-hydrogen) atoms. The lowest BCUT2D eigenvalue weighted by Crippen LogP contribution is -2.25. The maximum Gasteiger partial charge on any atom is 0.251 e. The van der Waals surface area contributed by atoms with Gasteiger partial charge in [0, 0.05) is 30.2 Å². The Balaban J connectivity index is 1.55. The zero-order valence-electron chi connectivity index (χ0n) is 12.0. The molecule has 0 bridgehead atoms. The first-order chi connectivity index (χ1) is 10.8. The van der Waals surface area contributed by atoms with Crippen molar-refractivity contribution in [3.63, 3.8) is 0 Å². The van der Waals surface area contributed by atoms with Gasteiger partial charge in [-0.15, -0.1) is 0 Å². The molecule has 0 aliphatic carbocycles. The van der Waals surface area contributed by atoms with Crippen LogP contribution in [0.5, 0.6) is 0 Å². The minimum absolute atomic E-state index is 0.0765. The van der Waals surface area contributed by atoms with E-state index in [-0.39, 0.29) is 5.91 Å². The Bertz CT molecular complexity index is 736. The minimum Gasteiger partial charge on any atom is -0.356 e. The van der Waals surface area contributed by atoms with E-state index in [1.54, 1.807) is 12.1 Å². The van der Waals surface area contributed by atoms with Crippen molar-refractivity contribution in [3.8, 4) is 11.3 Å². The molecule has 0 aliphatic rings. The van der Waals surface area contributed by atoms with Crippen LogP contribution < -0.4 is 5.32 Å². The standard InChI is InChI=1S/C18H16N2O2/c21-18(15-9-5-2-6-10-15)19-12-11-16-13-17(22-20-16)14-7-3-1-4-8-14/h1-10,13H,11-12H2,(H,19,21). The van der Waals surface area contributed by atoms with E-state index >= 15 is 0 Å². The number of carbonyl (C=O) groups excluding carboxylic acids is 1. The number of rotatable bonds is 5.